The number of aryl methyl sites for hydroxylation is 1. The van der Waals surface area contributed by atoms with Crippen LogP contribution >= 0.6 is 22.6 Å². The minimum atomic E-state index is -0.257. The number of halogens is 1. The molecule has 0 unspecified atom stereocenters. The summed E-state index contributed by atoms with van der Waals surface area (Å²) in [5, 5.41) is 0. The topological polar surface area (TPSA) is 60.9 Å². The molecule has 0 aliphatic heterocycles. The van der Waals surface area contributed by atoms with Gasteiger partial charge in [0.25, 0.3) is 5.56 Å². The van der Waals surface area contributed by atoms with Crippen molar-refractivity contribution in [2.24, 2.45) is 0 Å². The molecule has 60 valence electrons. The molecule has 5 heteroatoms. The second-order valence-electron chi connectivity index (χ2n) is 2.04. The van der Waals surface area contributed by atoms with Crippen LogP contribution in [0, 0.1) is 3.57 Å². The van der Waals surface area contributed by atoms with Crippen LogP contribution < -0.4 is 11.3 Å². The molecule has 0 atom stereocenters. The van der Waals surface area contributed by atoms with Crippen LogP contribution in [0.1, 0.15) is 6.92 Å². The van der Waals surface area contributed by atoms with Crippen molar-refractivity contribution in [2.45, 2.75) is 13.5 Å². The van der Waals surface area contributed by atoms with Crippen molar-refractivity contribution in [3.63, 3.8) is 0 Å². The third kappa shape index (κ3) is 1.70. The van der Waals surface area contributed by atoms with Gasteiger partial charge in [-0.1, -0.05) is 0 Å². The molecule has 4 nitrogen and oxygen atoms in total. The van der Waals surface area contributed by atoms with Gasteiger partial charge in [-0.2, -0.15) is 4.98 Å². The molecular weight excluding hydrogens is 257 g/mol. The van der Waals surface area contributed by atoms with Gasteiger partial charge in [0.15, 0.2) is 0 Å². The molecule has 1 aromatic heterocycles. The van der Waals surface area contributed by atoms with Crippen molar-refractivity contribution in [1.29, 1.82) is 0 Å². The summed E-state index contributed by atoms with van der Waals surface area (Å²) in [6.07, 6.45) is 1.70. The van der Waals surface area contributed by atoms with Gasteiger partial charge < -0.3 is 10.3 Å². The third-order valence-electron chi connectivity index (χ3n) is 1.32. The van der Waals surface area contributed by atoms with Crippen molar-refractivity contribution < 1.29 is 0 Å². The molecule has 1 heterocycles. The normalized spacial score (nSPS) is 10.0. The summed E-state index contributed by atoms with van der Waals surface area (Å²) in [5.41, 5.74) is 5.19. The predicted octanol–water partition coefficient (Wildman–Crippen LogP) is 0.450. The zero-order valence-corrected chi connectivity index (χ0v) is 8.20. The highest BCUT2D eigenvalue weighted by atomic mass is 127. The van der Waals surface area contributed by atoms with Gasteiger partial charge >= 0.3 is 0 Å². The first-order chi connectivity index (χ1) is 5.15. The maximum absolute atomic E-state index is 10.9. The van der Waals surface area contributed by atoms with Gasteiger partial charge in [0, 0.05) is 12.7 Å². The van der Waals surface area contributed by atoms with E-state index in [-0.39, 0.29) is 11.5 Å². The Labute approximate surface area is 77.6 Å². The Hall–Kier alpha value is -0.590. The molecule has 2 N–H and O–H groups in total. The lowest BCUT2D eigenvalue weighted by atomic mass is 10.6. The quantitative estimate of drug-likeness (QED) is 0.750. The standard InChI is InChI=1S/C6H8IN3O/c1-2-10-3-4(7)5(11)9-6(10)8/h3H,2H2,1H3,(H2,8,9,11). The molecule has 0 saturated carbocycles. The van der Waals surface area contributed by atoms with E-state index in [9.17, 15) is 4.79 Å². The number of anilines is 1. The Morgan fingerprint density at radius 1 is 1.82 bits per heavy atom. The summed E-state index contributed by atoms with van der Waals surface area (Å²) >= 11 is 1.94. The first-order valence-electron chi connectivity index (χ1n) is 3.17. The molecule has 0 radical (unpaired) electrons. The molecule has 1 rings (SSSR count). The third-order valence-corrected chi connectivity index (χ3v) is 2.06. The fourth-order valence-electron chi connectivity index (χ4n) is 0.733. The zero-order chi connectivity index (χ0) is 8.43. The van der Waals surface area contributed by atoms with E-state index in [0.29, 0.717) is 3.57 Å². The molecular formula is C6H8IN3O. The Morgan fingerprint density at radius 2 is 2.45 bits per heavy atom. The molecule has 0 spiro atoms. The van der Waals surface area contributed by atoms with E-state index in [2.05, 4.69) is 4.98 Å². The van der Waals surface area contributed by atoms with Gasteiger partial charge in [0.05, 0.1) is 3.57 Å². The lowest BCUT2D eigenvalue weighted by Gasteiger charge is -2.04. The fourth-order valence-corrected chi connectivity index (χ4v) is 1.19. The van der Waals surface area contributed by atoms with E-state index in [0.717, 1.165) is 6.54 Å². The molecule has 0 aliphatic carbocycles. The van der Waals surface area contributed by atoms with Crippen LogP contribution in [-0.4, -0.2) is 9.55 Å². The number of aromatic nitrogens is 2. The minimum Gasteiger partial charge on any atom is -0.369 e. The second-order valence-corrected chi connectivity index (χ2v) is 3.20. The van der Waals surface area contributed by atoms with Crippen LogP contribution in [0.25, 0.3) is 0 Å². The number of hydrogen-bond donors (Lipinski definition) is 1. The smallest absolute Gasteiger partial charge is 0.287 e. The molecule has 0 aromatic carbocycles. The predicted molar refractivity (Wildman–Crippen MR) is 51.3 cm³/mol. The van der Waals surface area contributed by atoms with Gasteiger partial charge in [-0.25, -0.2) is 0 Å². The van der Waals surface area contributed by atoms with Crippen LogP contribution in [0.4, 0.5) is 5.95 Å². The van der Waals surface area contributed by atoms with Crippen molar-refractivity contribution in [3.05, 3.63) is 20.1 Å². The molecule has 0 bridgehead atoms. The van der Waals surface area contributed by atoms with Gasteiger partial charge in [-0.05, 0) is 29.5 Å². The van der Waals surface area contributed by atoms with E-state index in [4.69, 9.17) is 5.73 Å². The van der Waals surface area contributed by atoms with E-state index >= 15 is 0 Å². The SMILES string of the molecule is CCn1cc(I)c(=O)nc1N. The average molecular weight is 265 g/mol. The van der Waals surface area contributed by atoms with Gasteiger partial charge in [0.1, 0.15) is 0 Å². The lowest BCUT2D eigenvalue weighted by Crippen LogP contribution is -2.18. The highest BCUT2D eigenvalue weighted by molar-refractivity contribution is 14.1. The Balaban J connectivity index is 3.32. The van der Waals surface area contributed by atoms with Crippen LogP contribution in [0.3, 0.4) is 0 Å². The largest absolute Gasteiger partial charge is 0.369 e. The Morgan fingerprint density at radius 3 is 3.00 bits per heavy atom. The first kappa shape index (κ1) is 8.51. The van der Waals surface area contributed by atoms with Crippen LogP contribution in [0.5, 0.6) is 0 Å². The summed E-state index contributed by atoms with van der Waals surface area (Å²) in [4.78, 5) is 14.5. The number of rotatable bonds is 1. The average Bonchev–Trinajstić information content (AvgIpc) is 1.97. The Kier molecular flexibility index (Phi) is 2.48. The fraction of sp³-hybridized carbons (Fsp3) is 0.333. The van der Waals surface area contributed by atoms with Crippen molar-refractivity contribution in [2.75, 3.05) is 5.73 Å². The molecule has 1 aromatic rings. The summed E-state index contributed by atoms with van der Waals surface area (Å²) < 4.78 is 2.32. The molecule has 0 aliphatic rings. The molecule has 0 saturated heterocycles. The summed E-state index contributed by atoms with van der Waals surface area (Å²) in [7, 11) is 0. The van der Waals surface area contributed by atoms with Crippen LogP contribution in [0.15, 0.2) is 11.0 Å². The highest BCUT2D eigenvalue weighted by Gasteiger charge is 2.00. The summed E-state index contributed by atoms with van der Waals surface area (Å²) in [6.45, 7) is 2.67. The van der Waals surface area contributed by atoms with Gasteiger partial charge in [-0.3, -0.25) is 4.79 Å². The number of nitrogens with zero attached hydrogens (tertiary/aromatic N) is 2. The maximum Gasteiger partial charge on any atom is 0.287 e. The molecule has 0 fully saturated rings. The number of nitrogens with two attached hydrogens (primary N) is 1. The summed E-state index contributed by atoms with van der Waals surface area (Å²) in [5.74, 6) is 0.276. The molecule has 11 heavy (non-hydrogen) atoms. The summed E-state index contributed by atoms with van der Waals surface area (Å²) in [6, 6.07) is 0. The number of nitrogen functional groups attached to an aromatic ring is 1. The zero-order valence-electron chi connectivity index (χ0n) is 6.04. The second kappa shape index (κ2) is 3.21. The van der Waals surface area contributed by atoms with E-state index in [1.807, 2.05) is 29.5 Å². The maximum atomic E-state index is 10.9. The van der Waals surface area contributed by atoms with Crippen molar-refractivity contribution in [3.8, 4) is 0 Å². The van der Waals surface area contributed by atoms with Crippen LogP contribution in [0.2, 0.25) is 0 Å². The van der Waals surface area contributed by atoms with E-state index in [1.165, 1.54) is 0 Å². The van der Waals surface area contributed by atoms with E-state index in [1.54, 1.807) is 10.8 Å². The van der Waals surface area contributed by atoms with Crippen molar-refractivity contribution in [1.82, 2.24) is 9.55 Å². The Bertz CT molecular complexity index is 320. The van der Waals surface area contributed by atoms with Crippen LogP contribution in [-0.2, 0) is 6.54 Å². The van der Waals surface area contributed by atoms with E-state index < -0.39 is 0 Å². The first-order valence-corrected chi connectivity index (χ1v) is 4.25. The van der Waals surface area contributed by atoms with Gasteiger partial charge in [-0.15, -0.1) is 0 Å². The lowest BCUT2D eigenvalue weighted by molar-refractivity contribution is 0.740. The van der Waals surface area contributed by atoms with Gasteiger partial charge in [0.2, 0.25) is 5.95 Å². The van der Waals surface area contributed by atoms with Crippen molar-refractivity contribution >= 4 is 28.5 Å². The molecule has 0 amide bonds. The highest BCUT2D eigenvalue weighted by Crippen LogP contribution is 2.00. The monoisotopic (exact) mass is 265 g/mol. The minimum absolute atomic E-state index is 0.257. The number of hydrogen-bond acceptors (Lipinski definition) is 3.